The smallest absolute Gasteiger partial charge is 0.226 e. The van der Waals surface area contributed by atoms with Crippen LogP contribution < -0.4 is 4.74 Å². The number of carbonyl (C=O) groups is 1. The van der Waals surface area contributed by atoms with Gasteiger partial charge < -0.3 is 24.6 Å². The zero-order valence-corrected chi connectivity index (χ0v) is 14.7. The van der Waals surface area contributed by atoms with E-state index in [0.29, 0.717) is 26.1 Å². The molecule has 1 amide bonds. The Labute approximate surface area is 148 Å². The van der Waals surface area contributed by atoms with Gasteiger partial charge in [-0.2, -0.15) is 0 Å². The minimum absolute atomic E-state index is 0.0199. The summed E-state index contributed by atoms with van der Waals surface area (Å²) in [6.07, 6.45) is 0.587. The third-order valence-corrected chi connectivity index (χ3v) is 5.02. The van der Waals surface area contributed by atoms with Crippen molar-refractivity contribution in [1.29, 1.82) is 0 Å². The molecule has 3 rings (SSSR count). The summed E-state index contributed by atoms with van der Waals surface area (Å²) >= 11 is 0. The molecule has 25 heavy (non-hydrogen) atoms. The molecule has 1 aromatic rings. The maximum atomic E-state index is 12.7. The van der Waals surface area contributed by atoms with Gasteiger partial charge in [-0.25, -0.2) is 0 Å². The lowest BCUT2D eigenvalue weighted by Crippen LogP contribution is -2.49. The van der Waals surface area contributed by atoms with Crippen molar-refractivity contribution in [2.24, 2.45) is 5.92 Å². The molecule has 138 valence electrons. The van der Waals surface area contributed by atoms with Gasteiger partial charge in [0.1, 0.15) is 11.9 Å². The first-order chi connectivity index (χ1) is 12.1. The molecule has 0 radical (unpaired) electrons. The minimum atomic E-state index is -0.881. The zero-order valence-electron chi connectivity index (χ0n) is 14.7. The largest absolute Gasteiger partial charge is 0.493 e. The molecule has 2 aliphatic heterocycles. The Morgan fingerprint density at radius 3 is 2.96 bits per heavy atom. The highest BCUT2D eigenvalue weighted by Gasteiger charge is 2.33. The van der Waals surface area contributed by atoms with Crippen molar-refractivity contribution in [3.63, 3.8) is 0 Å². The van der Waals surface area contributed by atoms with E-state index in [9.17, 15) is 15.0 Å². The van der Waals surface area contributed by atoms with E-state index in [-0.39, 0.29) is 18.4 Å². The fourth-order valence-corrected chi connectivity index (χ4v) is 3.51. The van der Waals surface area contributed by atoms with Crippen LogP contribution in [0.4, 0.5) is 0 Å². The summed E-state index contributed by atoms with van der Waals surface area (Å²) < 4.78 is 10.9. The normalized spacial score (nSPS) is 25.8. The fourth-order valence-electron chi connectivity index (χ4n) is 3.51. The van der Waals surface area contributed by atoms with Gasteiger partial charge in [-0.3, -0.25) is 4.79 Å². The summed E-state index contributed by atoms with van der Waals surface area (Å²) in [6.45, 7) is 4.14. The fraction of sp³-hybridized carbons (Fsp3) is 0.632. The molecule has 6 nitrogen and oxygen atoms in total. The minimum Gasteiger partial charge on any atom is -0.493 e. The van der Waals surface area contributed by atoms with E-state index in [1.165, 1.54) is 5.56 Å². The number of hydrogen-bond acceptors (Lipinski definition) is 5. The number of nitrogens with zero attached hydrogens (tertiary/aromatic N) is 1. The number of rotatable bonds is 5. The van der Waals surface area contributed by atoms with Gasteiger partial charge >= 0.3 is 0 Å². The monoisotopic (exact) mass is 349 g/mol. The highest BCUT2D eigenvalue weighted by molar-refractivity contribution is 5.79. The Bertz CT molecular complexity index is 605. The summed E-state index contributed by atoms with van der Waals surface area (Å²) in [7, 11) is 0. The number of ether oxygens (including phenoxy) is 2. The predicted molar refractivity (Wildman–Crippen MR) is 92.5 cm³/mol. The van der Waals surface area contributed by atoms with Crippen LogP contribution in [-0.2, 0) is 22.4 Å². The molecule has 0 aromatic heterocycles. The molecular weight excluding hydrogens is 322 g/mol. The van der Waals surface area contributed by atoms with Gasteiger partial charge in [0.05, 0.1) is 32.3 Å². The lowest BCUT2D eigenvalue weighted by molar-refractivity contribution is -0.141. The summed E-state index contributed by atoms with van der Waals surface area (Å²) in [5.74, 6) is 0.683. The summed E-state index contributed by atoms with van der Waals surface area (Å²) in [5, 5.41) is 19.8. The van der Waals surface area contributed by atoms with Gasteiger partial charge in [-0.15, -0.1) is 0 Å². The van der Waals surface area contributed by atoms with Gasteiger partial charge in [-0.1, -0.05) is 12.1 Å². The number of fused-ring (bicyclic) bond motifs is 1. The molecule has 0 saturated carbocycles. The van der Waals surface area contributed by atoms with Gasteiger partial charge in [0.2, 0.25) is 5.91 Å². The number of amides is 1. The number of aliphatic hydroxyl groups excluding tert-OH is 2. The Morgan fingerprint density at radius 1 is 1.32 bits per heavy atom. The highest BCUT2D eigenvalue weighted by Crippen LogP contribution is 2.26. The van der Waals surface area contributed by atoms with E-state index in [1.807, 2.05) is 19.1 Å². The van der Waals surface area contributed by atoms with Crippen molar-refractivity contribution in [2.75, 3.05) is 32.9 Å². The quantitative estimate of drug-likeness (QED) is 0.821. The first-order valence-electron chi connectivity index (χ1n) is 9.04. The Morgan fingerprint density at radius 2 is 2.16 bits per heavy atom. The van der Waals surface area contributed by atoms with Gasteiger partial charge in [0, 0.05) is 19.0 Å². The topological polar surface area (TPSA) is 79.2 Å². The zero-order chi connectivity index (χ0) is 17.8. The van der Waals surface area contributed by atoms with Crippen LogP contribution >= 0.6 is 0 Å². The standard InChI is InChI=1S/C19H27NO5/c1-2-20(10-15-11-24-12-16(21)19(15)23)18(22)9-13-5-6-17-14(8-13)4-3-7-25-17/h5-6,8,15-16,19,21,23H,2-4,7,9-12H2,1H3/t15-,16-,19+/m1/s1. The number of benzene rings is 1. The number of aryl methyl sites for hydroxylation is 1. The predicted octanol–water partition coefficient (Wildman–Crippen LogP) is 0.771. The molecule has 0 unspecified atom stereocenters. The Kier molecular flexibility index (Phi) is 5.93. The first-order valence-corrected chi connectivity index (χ1v) is 9.04. The van der Waals surface area contributed by atoms with E-state index in [0.717, 1.165) is 30.8 Å². The van der Waals surface area contributed by atoms with Crippen molar-refractivity contribution < 1.29 is 24.5 Å². The second-order valence-corrected chi connectivity index (χ2v) is 6.86. The third-order valence-electron chi connectivity index (χ3n) is 5.02. The number of aliphatic hydroxyl groups is 2. The Hall–Kier alpha value is -1.63. The van der Waals surface area contributed by atoms with Crippen molar-refractivity contribution in [1.82, 2.24) is 4.90 Å². The second kappa shape index (κ2) is 8.17. The molecule has 0 aliphatic carbocycles. The third kappa shape index (κ3) is 4.32. The van der Waals surface area contributed by atoms with Crippen LogP contribution in [0, 0.1) is 5.92 Å². The second-order valence-electron chi connectivity index (χ2n) is 6.86. The average Bonchev–Trinajstić information content (AvgIpc) is 2.62. The van der Waals surface area contributed by atoms with E-state index in [4.69, 9.17) is 9.47 Å². The van der Waals surface area contributed by atoms with E-state index < -0.39 is 12.2 Å². The molecule has 1 aromatic carbocycles. The maximum absolute atomic E-state index is 12.7. The lowest BCUT2D eigenvalue weighted by Gasteiger charge is -2.35. The summed E-state index contributed by atoms with van der Waals surface area (Å²) in [5.41, 5.74) is 2.15. The van der Waals surface area contributed by atoms with E-state index >= 15 is 0 Å². The summed E-state index contributed by atoms with van der Waals surface area (Å²) in [4.78, 5) is 14.4. The van der Waals surface area contributed by atoms with Gasteiger partial charge in [0.25, 0.3) is 0 Å². The van der Waals surface area contributed by atoms with Crippen LogP contribution in [0.15, 0.2) is 18.2 Å². The maximum Gasteiger partial charge on any atom is 0.226 e. The molecule has 2 N–H and O–H groups in total. The average molecular weight is 349 g/mol. The van der Waals surface area contributed by atoms with Crippen molar-refractivity contribution >= 4 is 5.91 Å². The molecule has 0 bridgehead atoms. The summed E-state index contributed by atoms with van der Waals surface area (Å²) in [6, 6.07) is 5.95. The molecular formula is C19H27NO5. The SMILES string of the molecule is CCN(C[C@@H]1COC[C@@H](O)[C@H]1O)C(=O)Cc1ccc2c(c1)CCCO2. The molecule has 0 spiro atoms. The molecule has 2 heterocycles. The van der Waals surface area contributed by atoms with Crippen LogP contribution in [-0.4, -0.2) is 66.1 Å². The van der Waals surface area contributed by atoms with Crippen molar-refractivity contribution in [2.45, 2.75) is 38.4 Å². The number of likely N-dealkylation sites (N-methyl/N-ethyl adjacent to an activating group) is 1. The molecule has 6 heteroatoms. The van der Waals surface area contributed by atoms with Crippen LogP contribution in [0.3, 0.4) is 0 Å². The van der Waals surface area contributed by atoms with Crippen LogP contribution in [0.2, 0.25) is 0 Å². The van der Waals surface area contributed by atoms with Crippen LogP contribution in [0.5, 0.6) is 5.75 Å². The lowest BCUT2D eigenvalue weighted by atomic mass is 9.95. The number of hydrogen-bond donors (Lipinski definition) is 2. The van der Waals surface area contributed by atoms with Gasteiger partial charge in [-0.05, 0) is 37.0 Å². The van der Waals surface area contributed by atoms with E-state index in [2.05, 4.69) is 6.07 Å². The van der Waals surface area contributed by atoms with Crippen molar-refractivity contribution in [3.05, 3.63) is 29.3 Å². The van der Waals surface area contributed by atoms with Crippen molar-refractivity contribution in [3.8, 4) is 5.75 Å². The molecule has 1 saturated heterocycles. The van der Waals surface area contributed by atoms with Crippen LogP contribution in [0.25, 0.3) is 0 Å². The highest BCUT2D eigenvalue weighted by atomic mass is 16.5. The molecule has 1 fully saturated rings. The Balaban J connectivity index is 1.62. The molecule has 3 atom stereocenters. The molecule has 2 aliphatic rings. The first kappa shape index (κ1) is 18.2. The van der Waals surface area contributed by atoms with Crippen LogP contribution in [0.1, 0.15) is 24.5 Å². The number of carbonyl (C=O) groups excluding carboxylic acids is 1. The van der Waals surface area contributed by atoms with Gasteiger partial charge in [0.15, 0.2) is 0 Å². The van der Waals surface area contributed by atoms with E-state index in [1.54, 1.807) is 4.90 Å².